The Balaban J connectivity index is 0.000000179. The highest BCUT2D eigenvalue weighted by atomic mass is 32.1. The van der Waals surface area contributed by atoms with Crippen LogP contribution in [0.3, 0.4) is 0 Å². The molecule has 8 rings (SSSR count). The molecule has 9 heteroatoms. The Morgan fingerprint density at radius 2 is 1.00 bits per heavy atom. The first-order chi connectivity index (χ1) is 29.1. The van der Waals surface area contributed by atoms with Crippen LogP contribution in [0.5, 0.6) is 0 Å². The van der Waals surface area contributed by atoms with Crippen molar-refractivity contribution in [3.8, 4) is 22.5 Å². The second-order valence-corrected chi connectivity index (χ2v) is 16.1. The van der Waals surface area contributed by atoms with Crippen molar-refractivity contribution in [2.45, 2.75) is 32.9 Å². The molecule has 0 bridgehead atoms. The molecule has 0 aliphatic carbocycles. The van der Waals surface area contributed by atoms with Crippen molar-refractivity contribution in [3.05, 3.63) is 197 Å². The van der Waals surface area contributed by atoms with Gasteiger partial charge >= 0.3 is 0 Å². The number of thiazole rings is 2. The van der Waals surface area contributed by atoms with Crippen LogP contribution in [0.15, 0.2) is 175 Å². The number of benzene rings is 5. The molecule has 0 radical (unpaired) electrons. The summed E-state index contributed by atoms with van der Waals surface area (Å²) in [6.45, 7) is 7.35. The molecule has 0 unspecified atom stereocenters. The molecule has 8 aromatic rings. The van der Waals surface area contributed by atoms with E-state index < -0.39 is 0 Å². The molecule has 3 heterocycles. The minimum absolute atomic E-state index is 0.890. The summed E-state index contributed by atoms with van der Waals surface area (Å²) in [7, 11) is 2.18. The average Bonchev–Trinajstić information content (AvgIpc) is 3.97. The van der Waals surface area contributed by atoms with Crippen molar-refractivity contribution in [1.82, 2.24) is 24.8 Å². The van der Waals surface area contributed by atoms with Crippen LogP contribution in [0.1, 0.15) is 29.2 Å². The van der Waals surface area contributed by atoms with E-state index in [1.807, 2.05) is 36.5 Å². The standard InChI is InChI=1S/C25H26N4S.C25H25N3S/c1-2-29(18-21-7-4-3-5-8-21)16-14-20-10-12-23(13-11-20)27-25-28-24(19-30-25)22-9-6-15-26-17-22;1-28(18-21-8-4-2-5-9-21)17-16-20-12-14-23(15-13-20)26-25-27-24(19-29-25)22-10-6-3-7-11-22/h3-13,15,17,19H,2,14,16,18H2,1H3,(H,27,28);2-15,19H,16-18H2,1H3,(H,26,27). The smallest absolute Gasteiger partial charge is 0.187 e. The highest BCUT2D eigenvalue weighted by molar-refractivity contribution is 7.14. The van der Waals surface area contributed by atoms with E-state index in [9.17, 15) is 0 Å². The van der Waals surface area contributed by atoms with Crippen LogP contribution in [-0.2, 0) is 25.9 Å². The van der Waals surface area contributed by atoms with E-state index in [2.05, 4.69) is 176 Å². The fourth-order valence-corrected chi connectivity index (χ4v) is 8.06. The maximum Gasteiger partial charge on any atom is 0.187 e. The molecule has 0 aliphatic heterocycles. The third-order valence-corrected chi connectivity index (χ3v) is 11.5. The van der Waals surface area contributed by atoms with Gasteiger partial charge in [0.15, 0.2) is 10.3 Å². The van der Waals surface area contributed by atoms with Gasteiger partial charge in [-0.15, -0.1) is 22.7 Å². The number of aromatic nitrogens is 3. The van der Waals surface area contributed by atoms with Gasteiger partial charge in [0.25, 0.3) is 0 Å². The van der Waals surface area contributed by atoms with E-state index in [1.54, 1.807) is 28.9 Å². The zero-order valence-corrected chi connectivity index (χ0v) is 35.4. The Labute approximate surface area is 357 Å². The zero-order chi connectivity index (χ0) is 40.5. The summed E-state index contributed by atoms with van der Waals surface area (Å²) >= 11 is 3.23. The van der Waals surface area contributed by atoms with E-state index in [0.717, 1.165) is 89.7 Å². The summed E-state index contributed by atoms with van der Waals surface area (Å²) in [5.41, 5.74) is 11.7. The van der Waals surface area contributed by atoms with Crippen LogP contribution in [0, 0.1) is 0 Å². The normalized spacial score (nSPS) is 11.0. The van der Waals surface area contributed by atoms with Gasteiger partial charge in [-0.3, -0.25) is 9.88 Å². The number of hydrogen-bond donors (Lipinski definition) is 2. The fourth-order valence-electron chi connectivity index (χ4n) is 6.58. The first-order valence-corrected chi connectivity index (χ1v) is 21.9. The number of hydrogen-bond acceptors (Lipinski definition) is 9. The van der Waals surface area contributed by atoms with Crippen LogP contribution in [-0.4, -0.2) is 51.4 Å². The predicted octanol–water partition coefficient (Wildman–Crippen LogP) is 12.2. The van der Waals surface area contributed by atoms with E-state index in [0.29, 0.717) is 0 Å². The Hall–Kier alpha value is -5.97. The van der Waals surface area contributed by atoms with Crippen LogP contribution < -0.4 is 10.6 Å². The van der Waals surface area contributed by atoms with Gasteiger partial charge in [0.05, 0.1) is 11.4 Å². The summed E-state index contributed by atoms with van der Waals surface area (Å²) in [5, 5.41) is 12.8. The van der Waals surface area contributed by atoms with Gasteiger partial charge in [-0.2, -0.15) is 0 Å². The van der Waals surface area contributed by atoms with E-state index in [4.69, 9.17) is 4.98 Å². The Morgan fingerprint density at radius 1 is 0.508 bits per heavy atom. The van der Waals surface area contributed by atoms with Crippen LogP contribution in [0.2, 0.25) is 0 Å². The summed E-state index contributed by atoms with van der Waals surface area (Å²) in [6, 6.07) is 52.9. The Bertz CT molecular complexity index is 2380. The number of rotatable bonds is 17. The van der Waals surface area contributed by atoms with Gasteiger partial charge in [0.1, 0.15) is 0 Å². The number of anilines is 4. The maximum atomic E-state index is 4.70. The van der Waals surface area contributed by atoms with Crippen LogP contribution in [0.4, 0.5) is 21.6 Å². The number of nitrogens with one attached hydrogen (secondary N) is 2. The first kappa shape index (κ1) is 41.2. The molecule has 0 atom stereocenters. The summed E-state index contributed by atoms with van der Waals surface area (Å²) in [4.78, 5) is 18.4. The van der Waals surface area contributed by atoms with Crippen molar-refractivity contribution >= 4 is 44.3 Å². The number of pyridine rings is 1. The number of likely N-dealkylation sites (N-methyl/N-ethyl adjacent to an activating group) is 2. The molecule has 2 N–H and O–H groups in total. The lowest BCUT2D eigenvalue weighted by Crippen LogP contribution is -2.25. The molecule has 7 nitrogen and oxygen atoms in total. The lowest BCUT2D eigenvalue weighted by Gasteiger charge is -2.20. The molecule has 298 valence electrons. The van der Waals surface area contributed by atoms with Crippen LogP contribution in [0.25, 0.3) is 22.5 Å². The molecule has 5 aromatic carbocycles. The van der Waals surface area contributed by atoms with Crippen molar-refractivity contribution in [2.24, 2.45) is 0 Å². The quantitative estimate of drug-likeness (QED) is 0.0949. The SMILES string of the molecule is CCN(CCc1ccc(Nc2nc(-c3cccnc3)cs2)cc1)Cc1ccccc1.CN(CCc1ccc(Nc2nc(-c3ccccc3)cs2)cc1)Cc1ccccc1. The molecule has 0 spiro atoms. The van der Waals surface area contributed by atoms with E-state index in [-0.39, 0.29) is 0 Å². The molecule has 3 aromatic heterocycles. The molecule has 0 saturated carbocycles. The second kappa shape index (κ2) is 21.7. The topological polar surface area (TPSA) is 69.2 Å². The average molecular weight is 814 g/mol. The summed E-state index contributed by atoms with van der Waals surface area (Å²) in [6.07, 6.45) is 5.70. The molecule has 0 amide bonds. The largest absolute Gasteiger partial charge is 0.332 e. The third-order valence-electron chi connectivity index (χ3n) is 9.94. The molecular weight excluding hydrogens is 763 g/mol. The second-order valence-electron chi connectivity index (χ2n) is 14.4. The maximum absolute atomic E-state index is 4.70. The number of nitrogens with zero attached hydrogens (tertiary/aromatic N) is 5. The monoisotopic (exact) mass is 813 g/mol. The summed E-state index contributed by atoms with van der Waals surface area (Å²) < 4.78 is 0. The zero-order valence-electron chi connectivity index (χ0n) is 33.7. The first-order valence-electron chi connectivity index (χ1n) is 20.1. The van der Waals surface area contributed by atoms with Crippen LogP contribution >= 0.6 is 22.7 Å². The van der Waals surface area contributed by atoms with E-state index >= 15 is 0 Å². The molecule has 0 aliphatic rings. The van der Waals surface area contributed by atoms with Gasteiger partial charge in [-0.25, -0.2) is 9.97 Å². The van der Waals surface area contributed by atoms with Gasteiger partial charge in [-0.05, 0) is 85.1 Å². The lowest BCUT2D eigenvalue weighted by atomic mass is 10.1. The third kappa shape index (κ3) is 13.0. The molecule has 59 heavy (non-hydrogen) atoms. The Kier molecular flexibility index (Phi) is 15.1. The molecular formula is C50H51N7S2. The molecule has 0 fully saturated rings. The Morgan fingerprint density at radius 3 is 1.53 bits per heavy atom. The van der Waals surface area contributed by atoms with Gasteiger partial charge in [0, 0.05) is 71.8 Å². The van der Waals surface area contributed by atoms with Crippen molar-refractivity contribution in [2.75, 3.05) is 37.3 Å². The lowest BCUT2D eigenvalue weighted by molar-refractivity contribution is 0.283. The minimum Gasteiger partial charge on any atom is -0.332 e. The van der Waals surface area contributed by atoms with Gasteiger partial charge < -0.3 is 15.5 Å². The summed E-state index contributed by atoms with van der Waals surface area (Å²) in [5.74, 6) is 0. The molecule has 0 saturated heterocycles. The fraction of sp³-hybridized carbons (Fsp3) is 0.180. The highest BCUT2D eigenvalue weighted by Gasteiger charge is 2.08. The van der Waals surface area contributed by atoms with Crippen molar-refractivity contribution in [3.63, 3.8) is 0 Å². The predicted molar refractivity (Wildman–Crippen MR) is 250 cm³/mol. The highest BCUT2D eigenvalue weighted by Crippen LogP contribution is 2.28. The minimum atomic E-state index is 0.890. The van der Waals surface area contributed by atoms with Gasteiger partial charge in [-0.1, -0.05) is 122 Å². The van der Waals surface area contributed by atoms with E-state index in [1.165, 1.54) is 22.3 Å². The van der Waals surface area contributed by atoms with Crippen molar-refractivity contribution < 1.29 is 0 Å². The van der Waals surface area contributed by atoms with Crippen molar-refractivity contribution in [1.29, 1.82) is 0 Å². The van der Waals surface area contributed by atoms with Gasteiger partial charge in [0.2, 0.25) is 0 Å².